The van der Waals surface area contributed by atoms with Crippen molar-refractivity contribution < 1.29 is 9.13 Å². The van der Waals surface area contributed by atoms with E-state index in [2.05, 4.69) is 64.8 Å². The number of methoxy groups -OCH3 is 1. The van der Waals surface area contributed by atoms with Gasteiger partial charge in [-0.25, -0.2) is 19.3 Å². The van der Waals surface area contributed by atoms with Gasteiger partial charge in [0.25, 0.3) is 0 Å². The van der Waals surface area contributed by atoms with E-state index in [1.807, 2.05) is 24.4 Å². The summed E-state index contributed by atoms with van der Waals surface area (Å²) in [4.78, 5) is 19.4. The lowest BCUT2D eigenvalue weighted by Crippen LogP contribution is -2.37. The Morgan fingerprint density at radius 1 is 1.12 bits per heavy atom. The zero-order valence-corrected chi connectivity index (χ0v) is 26.3. The van der Waals surface area contributed by atoms with Crippen molar-refractivity contribution in [1.29, 1.82) is 0 Å². The van der Waals surface area contributed by atoms with Crippen molar-refractivity contribution >= 4 is 5.95 Å². The highest BCUT2D eigenvalue weighted by atomic mass is 19.1. The van der Waals surface area contributed by atoms with Crippen LogP contribution in [0.3, 0.4) is 0 Å². The van der Waals surface area contributed by atoms with Crippen LogP contribution in [-0.2, 0) is 11.2 Å². The summed E-state index contributed by atoms with van der Waals surface area (Å²) in [5.74, 6) is 2.88. The third kappa shape index (κ3) is 7.51. The third-order valence-corrected chi connectivity index (χ3v) is 8.40. The van der Waals surface area contributed by atoms with Crippen LogP contribution < -0.4 is 5.32 Å². The van der Waals surface area contributed by atoms with Gasteiger partial charge in [0, 0.05) is 62.9 Å². The number of nitrogens with one attached hydrogen (secondary N) is 1. The molecule has 2 aromatic heterocycles. The van der Waals surface area contributed by atoms with Crippen molar-refractivity contribution in [2.45, 2.75) is 52.0 Å². The monoisotopic (exact) mass is 587 g/mol. The molecule has 3 aromatic rings. The molecule has 0 saturated carbocycles. The largest absolute Gasteiger partial charge is 0.501 e. The number of aromatic nitrogens is 4. The molecular formula is C34H46FN7O. The molecule has 230 valence electrons. The lowest BCUT2D eigenvalue weighted by molar-refractivity contribution is 0.222. The Bertz CT molecular complexity index is 1430. The average molecular weight is 588 g/mol. The van der Waals surface area contributed by atoms with Gasteiger partial charge in [-0.3, -0.25) is 4.90 Å². The standard InChI is InChI=1S/C34H46FN7O/c1-6-7-17-36-34-37-18-16-29(38-34)33-32(26-10-12-27(35)13-11-26)39-31-15-14-28(42(31)33)23-41(20-19-40(3)4)22-25-9-8-24(2)30(21-25)43-5/h9-13,16,18,21,24,28H,6-8,14-15,17,19-20,22-23H2,1-5H3,(H,36,37,38). The molecule has 0 radical (unpaired) electrons. The maximum absolute atomic E-state index is 13.9. The molecule has 2 aliphatic rings. The van der Waals surface area contributed by atoms with Gasteiger partial charge in [-0.2, -0.15) is 0 Å². The molecule has 8 nitrogen and oxygen atoms in total. The zero-order valence-electron chi connectivity index (χ0n) is 26.3. The molecule has 1 aromatic carbocycles. The third-order valence-electron chi connectivity index (χ3n) is 8.40. The Morgan fingerprint density at radius 3 is 2.67 bits per heavy atom. The first-order valence-electron chi connectivity index (χ1n) is 15.6. The lowest BCUT2D eigenvalue weighted by atomic mass is 9.96. The zero-order chi connectivity index (χ0) is 30.3. The Morgan fingerprint density at radius 2 is 1.93 bits per heavy atom. The van der Waals surface area contributed by atoms with Crippen molar-refractivity contribution in [2.24, 2.45) is 5.92 Å². The second-order valence-corrected chi connectivity index (χ2v) is 12.0. The number of rotatable bonds is 14. The second kappa shape index (κ2) is 14.3. The van der Waals surface area contributed by atoms with Gasteiger partial charge in [0.05, 0.1) is 30.0 Å². The first-order chi connectivity index (χ1) is 20.9. The van der Waals surface area contributed by atoms with E-state index in [4.69, 9.17) is 14.7 Å². The van der Waals surface area contributed by atoms with E-state index < -0.39 is 0 Å². The molecule has 0 spiro atoms. The molecular weight excluding hydrogens is 541 g/mol. The van der Waals surface area contributed by atoms with E-state index in [1.165, 1.54) is 17.7 Å². The molecule has 2 unspecified atom stereocenters. The molecule has 0 saturated heterocycles. The Kier molecular flexibility index (Phi) is 10.3. The number of imidazole rings is 1. The summed E-state index contributed by atoms with van der Waals surface area (Å²) < 4.78 is 22.0. The number of fused-ring (bicyclic) bond motifs is 1. The van der Waals surface area contributed by atoms with Gasteiger partial charge >= 0.3 is 0 Å². The lowest BCUT2D eigenvalue weighted by Gasteiger charge is -2.30. The van der Waals surface area contributed by atoms with Gasteiger partial charge in [-0.15, -0.1) is 0 Å². The Balaban J connectivity index is 1.49. The van der Waals surface area contributed by atoms with E-state index in [9.17, 15) is 4.39 Å². The van der Waals surface area contributed by atoms with Crippen LogP contribution in [0.4, 0.5) is 10.3 Å². The fraction of sp³-hybridized carbons (Fsp3) is 0.500. The summed E-state index contributed by atoms with van der Waals surface area (Å²) in [7, 11) is 6.02. The number of likely N-dealkylation sites (N-methyl/N-ethyl adjacent to an activating group) is 1. The number of ether oxygens (including phenoxy) is 1. The summed E-state index contributed by atoms with van der Waals surface area (Å²) >= 11 is 0. The van der Waals surface area contributed by atoms with Crippen molar-refractivity contribution in [3.63, 3.8) is 0 Å². The van der Waals surface area contributed by atoms with Crippen LogP contribution in [0, 0.1) is 11.7 Å². The molecule has 2 atom stereocenters. The number of nitrogens with zero attached hydrogens (tertiary/aromatic N) is 6. The smallest absolute Gasteiger partial charge is 0.223 e. The van der Waals surface area contributed by atoms with Crippen molar-refractivity contribution in [3.05, 3.63) is 71.7 Å². The molecule has 0 amide bonds. The van der Waals surface area contributed by atoms with Gasteiger partial charge in [-0.1, -0.05) is 26.3 Å². The predicted molar refractivity (Wildman–Crippen MR) is 171 cm³/mol. The normalized spacial score (nSPS) is 18.1. The van der Waals surface area contributed by atoms with E-state index in [0.717, 1.165) is 99.1 Å². The van der Waals surface area contributed by atoms with Crippen LogP contribution in [0.1, 0.15) is 51.4 Å². The van der Waals surface area contributed by atoms with E-state index in [-0.39, 0.29) is 11.9 Å². The minimum atomic E-state index is -0.256. The molecule has 1 N–H and O–H groups in total. The SMILES string of the molecule is CCCCNc1nccc(-c2c(-c3ccc(F)cc3)nc3n2C(CN(CCN(C)C)CC2=CCC(C)C(OC)=C2)CC3)n1. The first-order valence-corrected chi connectivity index (χ1v) is 15.6. The first kappa shape index (κ1) is 30.9. The molecule has 0 bridgehead atoms. The van der Waals surface area contributed by atoms with E-state index in [1.54, 1.807) is 7.11 Å². The molecule has 9 heteroatoms. The molecule has 3 heterocycles. The molecule has 5 rings (SSSR count). The summed E-state index contributed by atoms with van der Waals surface area (Å²) in [5.41, 5.74) is 4.84. The molecule has 1 aliphatic heterocycles. The number of benzene rings is 1. The quantitative estimate of drug-likeness (QED) is 0.225. The molecule has 43 heavy (non-hydrogen) atoms. The molecule has 1 aliphatic carbocycles. The number of hydrogen-bond donors (Lipinski definition) is 1. The van der Waals surface area contributed by atoms with E-state index >= 15 is 0 Å². The number of allylic oxidation sites excluding steroid dienone is 2. The minimum absolute atomic E-state index is 0.231. The average Bonchev–Trinajstić information content (AvgIpc) is 3.57. The minimum Gasteiger partial charge on any atom is -0.501 e. The van der Waals surface area contributed by atoms with Gasteiger partial charge in [0.2, 0.25) is 5.95 Å². The van der Waals surface area contributed by atoms with Gasteiger partial charge in [0.1, 0.15) is 11.6 Å². The van der Waals surface area contributed by atoms with Crippen LogP contribution in [0.15, 0.2) is 60.0 Å². The van der Waals surface area contributed by atoms with E-state index in [0.29, 0.717) is 11.9 Å². The highest BCUT2D eigenvalue weighted by Crippen LogP contribution is 2.39. The number of aryl methyl sites for hydroxylation is 1. The summed E-state index contributed by atoms with van der Waals surface area (Å²) in [6.45, 7) is 8.89. The Labute approximate surface area is 255 Å². The maximum Gasteiger partial charge on any atom is 0.223 e. The molecule has 0 fully saturated rings. The van der Waals surface area contributed by atoms with Crippen molar-refractivity contribution in [2.75, 3.05) is 59.2 Å². The van der Waals surface area contributed by atoms with Gasteiger partial charge in [-0.05, 0) is 75.3 Å². The van der Waals surface area contributed by atoms with Crippen LogP contribution in [0.2, 0.25) is 0 Å². The van der Waals surface area contributed by atoms with Crippen molar-refractivity contribution in [1.82, 2.24) is 29.3 Å². The van der Waals surface area contributed by atoms with Crippen LogP contribution in [0.5, 0.6) is 0 Å². The summed E-state index contributed by atoms with van der Waals surface area (Å²) in [5, 5.41) is 3.37. The topological polar surface area (TPSA) is 71.3 Å². The highest BCUT2D eigenvalue weighted by Gasteiger charge is 2.32. The van der Waals surface area contributed by atoms with Crippen LogP contribution >= 0.6 is 0 Å². The predicted octanol–water partition coefficient (Wildman–Crippen LogP) is 6.21. The van der Waals surface area contributed by atoms with Crippen LogP contribution in [-0.4, -0.2) is 83.2 Å². The highest BCUT2D eigenvalue weighted by molar-refractivity contribution is 5.78. The van der Waals surface area contributed by atoms with Gasteiger partial charge in [0.15, 0.2) is 0 Å². The Hall–Kier alpha value is -3.56. The summed E-state index contributed by atoms with van der Waals surface area (Å²) in [6.07, 6.45) is 11.5. The number of anilines is 1. The number of unbranched alkanes of at least 4 members (excludes halogenated alkanes) is 1. The van der Waals surface area contributed by atoms with Gasteiger partial charge < -0.3 is 19.5 Å². The fourth-order valence-electron chi connectivity index (χ4n) is 5.98. The number of halogens is 1. The summed E-state index contributed by atoms with van der Waals surface area (Å²) in [6, 6.07) is 8.83. The maximum atomic E-state index is 13.9. The number of hydrogen-bond acceptors (Lipinski definition) is 7. The van der Waals surface area contributed by atoms with Crippen molar-refractivity contribution in [3.8, 4) is 22.6 Å². The fourth-order valence-corrected chi connectivity index (χ4v) is 5.98. The van der Waals surface area contributed by atoms with Crippen LogP contribution in [0.25, 0.3) is 22.6 Å². The second-order valence-electron chi connectivity index (χ2n) is 12.0.